The normalized spacial score (nSPS) is 15.1. The Bertz CT molecular complexity index is 1150. The number of unbranched alkanes of at least 4 members (excludes halogenated alkanes) is 1. The number of aliphatic imine (C=N–C) groups is 1. The number of nitrogens with two attached hydrogens (primary N) is 1. The number of methoxy groups -OCH3 is 1. The first-order valence-electron chi connectivity index (χ1n) is 12.3. The fourth-order valence-electron chi connectivity index (χ4n) is 3.87. The van der Waals surface area contributed by atoms with E-state index in [-0.39, 0.29) is 17.8 Å². The minimum Gasteiger partial charge on any atom is -0.495 e. The molecule has 36 heavy (non-hydrogen) atoms. The number of ether oxygens (including phenoxy) is 2. The first kappa shape index (κ1) is 26.6. The molecule has 0 bridgehead atoms. The van der Waals surface area contributed by atoms with Crippen LogP contribution in [0.2, 0.25) is 0 Å². The topological polar surface area (TPSA) is 106 Å². The van der Waals surface area contributed by atoms with Crippen LogP contribution < -0.4 is 15.8 Å². The number of hydrogen-bond acceptors (Lipinski definition) is 5. The third kappa shape index (κ3) is 7.25. The Balaban J connectivity index is 1.56. The van der Waals surface area contributed by atoms with Crippen LogP contribution >= 0.6 is 0 Å². The van der Waals surface area contributed by atoms with Crippen LogP contribution in [0.1, 0.15) is 61.0 Å². The van der Waals surface area contributed by atoms with Gasteiger partial charge in [-0.2, -0.15) is 4.99 Å². The van der Waals surface area contributed by atoms with Gasteiger partial charge in [0.15, 0.2) is 0 Å². The van der Waals surface area contributed by atoms with Gasteiger partial charge in [-0.25, -0.2) is 4.79 Å². The Morgan fingerprint density at radius 3 is 2.61 bits per heavy atom. The Morgan fingerprint density at radius 2 is 1.94 bits per heavy atom. The van der Waals surface area contributed by atoms with Gasteiger partial charge >= 0.3 is 6.09 Å². The Morgan fingerprint density at radius 1 is 1.19 bits per heavy atom. The molecule has 190 valence electrons. The van der Waals surface area contributed by atoms with Gasteiger partial charge in [-0.1, -0.05) is 25.2 Å². The summed E-state index contributed by atoms with van der Waals surface area (Å²) in [4.78, 5) is 30.2. The van der Waals surface area contributed by atoms with Crippen molar-refractivity contribution in [2.45, 2.75) is 45.6 Å². The molecule has 1 heterocycles. The molecule has 1 aliphatic rings. The molecule has 1 unspecified atom stereocenters. The molecule has 1 atom stereocenters. The van der Waals surface area contributed by atoms with E-state index in [0.717, 1.165) is 43.5 Å². The maximum Gasteiger partial charge on any atom is 0.435 e. The summed E-state index contributed by atoms with van der Waals surface area (Å²) in [7, 11) is 1.58. The van der Waals surface area contributed by atoms with Gasteiger partial charge in [-0.15, -0.1) is 0 Å². The summed E-state index contributed by atoms with van der Waals surface area (Å²) in [5.41, 5.74) is 8.71. The van der Waals surface area contributed by atoms with Crippen LogP contribution in [0, 0.1) is 11.8 Å². The number of hydrogen-bond donors (Lipinski definition) is 2. The highest BCUT2D eigenvalue weighted by Crippen LogP contribution is 2.24. The summed E-state index contributed by atoms with van der Waals surface area (Å²) in [6.45, 7) is 5.63. The van der Waals surface area contributed by atoms with E-state index in [9.17, 15) is 9.59 Å². The number of amidine groups is 1. The van der Waals surface area contributed by atoms with Gasteiger partial charge < -0.3 is 25.4 Å². The monoisotopic (exact) mass is 490 g/mol. The Labute approximate surface area is 212 Å². The van der Waals surface area contributed by atoms with E-state index in [0.29, 0.717) is 30.0 Å². The second-order valence-electron chi connectivity index (χ2n) is 8.60. The highest BCUT2D eigenvalue weighted by Gasteiger charge is 2.26. The lowest BCUT2D eigenvalue weighted by Gasteiger charge is -2.21. The lowest BCUT2D eigenvalue weighted by atomic mass is 10.1. The summed E-state index contributed by atoms with van der Waals surface area (Å²) in [6, 6.07) is 12.9. The molecule has 0 aliphatic carbocycles. The van der Waals surface area contributed by atoms with Crippen molar-refractivity contribution in [2.75, 3.05) is 32.1 Å². The third-order valence-electron chi connectivity index (χ3n) is 5.98. The van der Waals surface area contributed by atoms with Crippen molar-refractivity contribution in [2.24, 2.45) is 10.7 Å². The van der Waals surface area contributed by atoms with Gasteiger partial charge in [-0.3, -0.25) is 4.79 Å². The summed E-state index contributed by atoms with van der Waals surface area (Å²) in [5.74, 6) is 6.89. The third-order valence-corrected chi connectivity index (χ3v) is 5.98. The Kier molecular flexibility index (Phi) is 9.75. The van der Waals surface area contributed by atoms with Crippen molar-refractivity contribution >= 4 is 23.5 Å². The number of nitrogens with zero attached hydrogens (tertiary/aromatic N) is 2. The second-order valence-corrected chi connectivity index (χ2v) is 8.60. The summed E-state index contributed by atoms with van der Waals surface area (Å²) in [5, 5.41) is 3.22. The molecule has 0 spiro atoms. The van der Waals surface area contributed by atoms with E-state index >= 15 is 0 Å². The standard InChI is InChI=1S/C28H34N4O4/c1-4-5-18-36-28(34)31-26(29)22-12-14-24(15-13-22)30-16-6-9-21-10-11-23(19-25(21)35-3)27(33)32-17-7-8-20(32)2/h10-15,19-20,30H,4-5,7-8,16-18H2,1-3H3,(H2,29,31,34). The highest BCUT2D eigenvalue weighted by molar-refractivity contribution is 6.02. The zero-order chi connectivity index (χ0) is 25.9. The van der Waals surface area contributed by atoms with Gasteiger partial charge in [0.1, 0.15) is 11.6 Å². The van der Waals surface area contributed by atoms with Gasteiger partial charge in [0.05, 0.1) is 25.8 Å². The second kappa shape index (κ2) is 13.2. The van der Waals surface area contributed by atoms with E-state index in [1.165, 1.54) is 0 Å². The van der Waals surface area contributed by atoms with Crippen LogP contribution in [0.4, 0.5) is 10.5 Å². The molecular formula is C28H34N4O4. The van der Waals surface area contributed by atoms with Crippen molar-refractivity contribution in [3.05, 3.63) is 59.2 Å². The maximum absolute atomic E-state index is 12.8. The van der Waals surface area contributed by atoms with Crippen LogP contribution in [-0.2, 0) is 4.74 Å². The van der Waals surface area contributed by atoms with Gasteiger partial charge in [-0.05, 0) is 68.7 Å². The first-order chi connectivity index (χ1) is 17.4. The molecule has 2 aromatic rings. The van der Waals surface area contributed by atoms with Gasteiger partial charge in [0.25, 0.3) is 5.91 Å². The lowest BCUT2D eigenvalue weighted by molar-refractivity contribution is 0.0747. The largest absolute Gasteiger partial charge is 0.495 e. The van der Waals surface area contributed by atoms with Crippen LogP contribution in [0.5, 0.6) is 5.75 Å². The van der Waals surface area contributed by atoms with Crippen LogP contribution in [0.15, 0.2) is 47.5 Å². The number of carbonyl (C=O) groups excluding carboxylic acids is 2. The predicted octanol–water partition coefficient (Wildman–Crippen LogP) is 4.43. The molecule has 8 heteroatoms. The number of amides is 2. The van der Waals surface area contributed by atoms with Crippen molar-refractivity contribution < 1.29 is 19.1 Å². The summed E-state index contributed by atoms with van der Waals surface area (Å²) < 4.78 is 10.5. The van der Waals surface area contributed by atoms with Crippen molar-refractivity contribution in [3.8, 4) is 17.6 Å². The number of nitrogens with one attached hydrogen (secondary N) is 1. The molecule has 8 nitrogen and oxygen atoms in total. The SMILES string of the molecule is CCCCOC(=O)N=C(N)c1ccc(NCC#Cc2ccc(C(=O)N3CCCC3C)cc2OC)cc1. The highest BCUT2D eigenvalue weighted by atomic mass is 16.5. The van der Waals surface area contributed by atoms with Gasteiger partial charge in [0, 0.05) is 29.4 Å². The van der Waals surface area contributed by atoms with E-state index in [4.69, 9.17) is 15.2 Å². The van der Waals surface area contributed by atoms with E-state index in [1.807, 2.05) is 30.0 Å². The average molecular weight is 491 g/mol. The molecule has 1 saturated heterocycles. The molecule has 3 rings (SSSR count). The molecule has 0 saturated carbocycles. The van der Waals surface area contributed by atoms with Crippen molar-refractivity contribution in [1.29, 1.82) is 0 Å². The lowest BCUT2D eigenvalue weighted by Crippen LogP contribution is -2.33. The molecule has 2 amide bonds. The number of rotatable bonds is 8. The van der Waals surface area contributed by atoms with Crippen molar-refractivity contribution in [1.82, 2.24) is 4.90 Å². The van der Waals surface area contributed by atoms with Gasteiger partial charge in [0.2, 0.25) is 0 Å². The fraction of sp³-hybridized carbons (Fsp3) is 0.393. The van der Waals surface area contributed by atoms with Crippen LogP contribution in [0.25, 0.3) is 0 Å². The number of carbonyl (C=O) groups is 2. The molecule has 1 fully saturated rings. The summed E-state index contributed by atoms with van der Waals surface area (Å²) >= 11 is 0. The molecule has 1 aliphatic heterocycles. The predicted molar refractivity (Wildman–Crippen MR) is 142 cm³/mol. The van der Waals surface area contributed by atoms with E-state index in [1.54, 1.807) is 31.4 Å². The first-order valence-corrected chi connectivity index (χ1v) is 12.3. The minimum atomic E-state index is -0.683. The van der Waals surface area contributed by atoms with Crippen LogP contribution in [0.3, 0.4) is 0 Å². The number of likely N-dealkylation sites (tertiary alicyclic amines) is 1. The minimum absolute atomic E-state index is 0.0296. The van der Waals surface area contributed by atoms with E-state index < -0.39 is 6.09 Å². The fourth-order valence-corrected chi connectivity index (χ4v) is 3.87. The molecule has 3 N–H and O–H groups in total. The molecule has 0 aromatic heterocycles. The zero-order valence-corrected chi connectivity index (χ0v) is 21.2. The Hall–Kier alpha value is -3.99. The molecule has 2 aromatic carbocycles. The van der Waals surface area contributed by atoms with Crippen molar-refractivity contribution in [3.63, 3.8) is 0 Å². The molecular weight excluding hydrogens is 456 g/mol. The quantitative estimate of drug-likeness (QED) is 0.245. The zero-order valence-electron chi connectivity index (χ0n) is 21.2. The number of anilines is 1. The molecule has 0 radical (unpaired) electrons. The average Bonchev–Trinajstić information content (AvgIpc) is 3.32. The van der Waals surface area contributed by atoms with Crippen LogP contribution in [-0.4, -0.2) is 55.6 Å². The maximum atomic E-state index is 12.8. The van der Waals surface area contributed by atoms with E-state index in [2.05, 4.69) is 29.1 Å². The summed E-state index contributed by atoms with van der Waals surface area (Å²) in [6.07, 6.45) is 3.12. The smallest absolute Gasteiger partial charge is 0.435 e. The number of benzene rings is 2.